The first-order valence-electron chi connectivity index (χ1n) is 9.58. The fourth-order valence-electron chi connectivity index (χ4n) is 3.37. The van der Waals surface area contributed by atoms with E-state index in [0.29, 0.717) is 17.4 Å². The molecule has 1 heterocycles. The van der Waals surface area contributed by atoms with Crippen LogP contribution in [0.3, 0.4) is 0 Å². The van der Waals surface area contributed by atoms with Crippen molar-refractivity contribution < 1.29 is 4.79 Å². The van der Waals surface area contributed by atoms with Gasteiger partial charge in [0.1, 0.15) is 0 Å². The van der Waals surface area contributed by atoms with Crippen LogP contribution >= 0.6 is 0 Å². The highest BCUT2D eigenvalue weighted by atomic mass is 16.1. The number of amides is 1. The van der Waals surface area contributed by atoms with Crippen molar-refractivity contribution in [2.45, 2.75) is 39.5 Å². The number of carbonyl (C=O) groups excluding carboxylic acids is 1. The fraction of sp³-hybridized carbons (Fsp3) is 0.261. The second-order valence-electron chi connectivity index (χ2n) is 7.57. The van der Waals surface area contributed by atoms with Gasteiger partial charge in [0.05, 0.1) is 5.69 Å². The van der Waals surface area contributed by atoms with Gasteiger partial charge in [-0.3, -0.25) is 4.79 Å². The lowest BCUT2D eigenvalue weighted by Crippen LogP contribution is -2.12. The minimum Gasteiger partial charge on any atom is -0.324 e. The van der Waals surface area contributed by atoms with E-state index in [1.54, 1.807) is 12.1 Å². The molecule has 1 aliphatic rings. The lowest BCUT2D eigenvalue weighted by molar-refractivity contribution is 0.102. The monoisotopic (exact) mass is 372 g/mol. The van der Waals surface area contributed by atoms with Crippen molar-refractivity contribution in [3.63, 3.8) is 0 Å². The zero-order valence-electron chi connectivity index (χ0n) is 16.4. The lowest BCUT2D eigenvalue weighted by atomic mass is 10.1. The molecule has 1 aliphatic carbocycles. The molecule has 0 unspecified atom stereocenters. The molecule has 0 saturated heterocycles. The molecule has 1 fully saturated rings. The number of aryl methyl sites for hydroxylation is 3. The van der Waals surface area contributed by atoms with Crippen molar-refractivity contribution in [1.29, 1.82) is 0 Å². The fourth-order valence-corrected chi connectivity index (χ4v) is 3.37. The molecule has 0 aliphatic heterocycles. The molecule has 5 heteroatoms. The highest BCUT2D eigenvalue weighted by Crippen LogP contribution is 2.40. The molecule has 2 N–H and O–H groups in total. The largest absolute Gasteiger partial charge is 0.324 e. The highest BCUT2D eigenvalue weighted by molar-refractivity contribution is 6.04. The van der Waals surface area contributed by atoms with E-state index in [1.807, 2.05) is 44.3 Å². The Kier molecular flexibility index (Phi) is 4.82. The van der Waals surface area contributed by atoms with Crippen LogP contribution in [0.5, 0.6) is 0 Å². The Hall–Kier alpha value is -3.21. The third-order valence-electron chi connectivity index (χ3n) is 4.86. The summed E-state index contributed by atoms with van der Waals surface area (Å²) in [5, 5.41) is 6.19. The molecule has 142 valence electrons. The third-order valence-corrected chi connectivity index (χ3v) is 4.86. The highest BCUT2D eigenvalue weighted by Gasteiger charge is 2.27. The standard InChI is InChI=1S/C23H24N4O/c1-14-10-15(2)12-20(11-14)25-22(28)18-6-8-19(9-7-18)26-23-24-13-16(3)21(27-23)17-4-5-17/h6-13,17H,4-5H2,1-3H3,(H,25,28)(H,24,26,27). The summed E-state index contributed by atoms with van der Waals surface area (Å²) in [6.07, 6.45) is 4.29. The van der Waals surface area contributed by atoms with E-state index in [4.69, 9.17) is 0 Å². The van der Waals surface area contributed by atoms with Gasteiger partial charge >= 0.3 is 0 Å². The SMILES string of the molecule is Cc1cc(C)cc(NC(=O)c2ccc(Nc3ncc(C)c(C4CC4)n3)cc2)c1. The molecule has 28 heavy (non-hydrogen) atoms. The maximum absolute atomic E-state index is 12.5. The van der Waals surface area contributed by atoms with Gasteiger partial charge in [-0.25, -0.2) is 9.97 Å². The Balaban J connectivity index is 1.45. The molecule has 0 radical (unpaired) electrons. The van der Waals surface area contributed by atoms with E-state index < -0.39 is 0 Å². The zero-order chi connectivity index (χ0) is 19.7. The first kappa shape index (κ1) is 18.2. The van der Waals surface area contributed by atoms with Crippen LogP contribution in [0.1, 0.15) is 51.5 Å². The Morgan fingerprint density at radius 3 is 2.29 bits per heavy atom. The number of anilines is 3. The van der Waals surface area contributed by atoms with Crippen LogP contribution < -0.4 is 10.6 Å². The first-order valence-corrected chi connectivity index (χ1v) is 9.58. The van der Waals surface area contributed by atoms with Gasteiger partial charge in [0.2, 0.25) is 5.95 Å². The predicted octanol–water partition coefficient (Wildman–Crippen LogP) is 5.28. The van der Waals surface area contributed by atoms with Gasteiger partial charge < -0.3 is 10.6 Å². The van der Waals surface area contributed by atoms with E-state index in [9.17, 15) is 4.79 Å². The molecule has 0 bridgehead atoms. The summed E-state index contributed by atoms with van der Waals surface area (Å²) in [4.78, 5) is 21.5. The molecule has 5 nitrogen and oxygen atoms in total. The second kappa shape index (κ2) is 7.43. The van der Waals surface area contributed by atoms with Crippen molar-refractivity contribution >= 4 is 23.2 Å². The second-order valence-corrected chi connectivity index (χ2v) is 7.57. The molecule has 3 aromatic rings. The number of nitrogens with zero attached hydrogens (tertiary/aromatic N) is 2. The lowest BCUT2D eigenvalue weighted by Gasteiger charge is -2.10. The van der Waals surface area contributed by atoms with Crippen molar-refractivity contribution in [3.05, 3.63) is 76.6 Å². The number of nitrogens with one attached hydrogen (secondary N) is 2. The van der Waals surface area contributed by atoms with Gasteiger partial charge in [0.25, 0.3) is 5.91 Å². The topological polar surface area (TPSA) is 66.9 Å². The maximum Gasteiger partial charge on any atom is 0.255 e. The maximum atomic E-state index is 12.5. The molecular weight excluding hydrogens is 348 g/mol. The summed E-state index contributed by atoms with van der Waals surface area (Å²) in [6.45, 7) is 6.09. The van der Waals surface area contributed by atoms with E-state index in [2.05, 4.69) is 33.6 Å². The average Bonchev–Trinajstić information content (AvgIpc) is 3.48. The molecule has 2 aromatic carbocycles. The van der Waals surface area contributed by atoms with E-state index in [0.717, 1.165) is 33.8 Å². The number of carbonyl (C=O) groups is 1. The smallest absolute Gasteiger partial charge is 0.255 e. The minimum absolute atomic E-state index is 0.126. The Bertz CT molecular complexity index is 1000. The van der Waals surface area contributed by atoms with Gasteiger partial charge in [0, 0.05) is 29.1 Å². The molecule has 4 rings (SSSR count). The van der Waals surface area contributed by atoms with Crippen molar-refractivity contribution in [1.82, 2.24) is 9.97 Å². The Labute approximate surface area is 165 Å². The van der Waals surface area contributed by atoms with Crippen molar-refractivity contribution in [2.75, 3.05) is 10.6 Å². The van der Waals surface area contributed by atoms with Crippen molar-refractivity contribution in [2.24, 2.45) is 0 Å². The molecule has 1 saturated carbocycles. The number of aromatic nitrogens is 2. The summed E-state index contributed by atoms with van der Waals surface area (Å²) >= 11 is 0. The van der Waals surface area contributed by atoms with Gasteiger partial charge in [-0.1, -0.05) is 6.07 Å². The number of hydrogen-bond acceptors (Lipinski definition) is 4. The molecular formula is C23H24N4O. The quantitative estimate of drug-likeness (QED) is 0.640. The van der Waals surface area contributed by atoms with Crippen molar-refractivity contribution in [3.8, 4) is 0 Å². The molecule has 0 atom stereocenters. The Morgan fingerprint density at radius 1 is 0.964 bits per heavy atom. The van der Waals surface area contributed by atoms with E-state index >= 15 is 0 Å². The van der Waals surface area contributed by atoms with Gasteiger partial charge in [-0.15, -0.1) is 0 Å². The first-order chi connectivity index (χ1) is 13.5. The van der Waals surface area contributed by atoms with Gasteiger partial charge in [-0.2, -0.15) is 0 Å². The van der Waals surface area contributed by atoms with E-state index in [1.165, 1.54) is 12.8 Å². The van der Waals surface area contributed by atoms with Crippen LogP contribution in [0.4, 0.5) is 17.3 Å². The summed E-state index contributed by atoms with van der Waals surface area (Å²) < 4.78 is 0. The van der Waals surface area contributed by atoms with Crippen LogP contribution in [-0.2, 0) is 0 Å². The summed E-state index contributed by atoms with van der Waals surface area (Å²) in [6, 6.07) is 13.4. The summed E-state index contributed by atoms with van der Waals surface area (Å²) in [7, 11) is 0. The number of rotatable bonds is 5. The zero-order valence-corrected chi connectivity index (χ0v) is 16.4. The normalized spacial score (nSPS) is 13.2. The van der Waals surface area contributed by atoms with Crippen LogP contribution in [0.2, 0.25) is 0 Å². The van der Waals surface area contributed by atoms with Gasteiger partial charge in [0.15, 0.2) is 0 Å². The number of benzene rings is 2. The molecule has 0 spiro atoms. The summed E-state index contributed by atoms with van der Waals surface area (Å²) in [5.74, 6) is 1.05. The van der Waals surface area contributed by atoms with Crippen LogP contribution in [0.25, 0.3) is 0 Å². The average molecular weight is 372 g/mol. The summed E-state index contributed by atoms with van der Waals surface area (Å²) in [5.41, 5.74) is 6.80. The van der Waals surface area contributed by atoms with Crippen LogP contribution in [-0.4, -0.2) is 15.9 Å². The predicted molar refractivity (Wildman–Crippen MR) is 112 cm³/mol. The number of hydrogen-bond donors (Lipinski definition) is 2. The molecule has 1 amide bonds. The minimum atomic E-state index is -0.126. The van der Waals surface area contributed by atoms with Crippen LogP contribution in [0, 0.1) is 20.8 Å². The van der Waals surface area contributed by atoms with Crippen LogP contribution in [0.15, 0.2) is 48.7 Å². The van der Waals surface area contributed by atoms with E-state index in [-0.39, 0.29) is 5.91 Å². The molecule has 1 aromatic heterocycles. The Morgan fingerprint density at radius 2 is 1.64 bits per heavy atom. The van der Waals surface area contributed by atoms with Gasteiger partial charge in [-0.05, 0) is 86.7 Å². The third kappa shape index (κ3) is 4.19.